The molecule has 49 heavy (non-hydrogen) atoms. The maximum absolute atomic E-state index is 2.81. The van der Waals surface area contributed by atoms with Gasteiger partial charge in [-0.1, -0.05) is 127 Å². The van der Waals surface area contributed by atoms with Gasteiger partial charge in [0.2, 0.25) is 0 Å². The van der Waals surface area contributed by atoms with Crippen LogP contribution >= 0.6 is 0 Å². The van der Waals surface area contributed by atoms with E-state index >= 15 is 0 Å². The normalized spacial score (nSPS) is 24.5. The monoisotopic (exact) mass is 637 g/mol. The van der Waals surface area contributed by atoms with Gasteiger partial charge in [0.1, 0.15) is 0 Å². The summed E-state index contributed by atoms with van der Waals surface area (Å²) in [7, 11) is 0. The summed E-state index contributed by atoms with van der Waals surface area (Å²) in [5.41, 5.74) is 15.9. The predicted octanol–water partition coefficient (Wildman–Crippen LogP) is 13.0. The van der Waals surface area contributed by atoms with Crippen LogP contribution in [0.15, 0.2) is 109 Å². The number of rotatable bonds is 3. The maximum atomic E-state index is 2.81. The SMILES string of the molecule is CC(C)C1=CC2CC3(C)c4cc(-c5cccc6c5C(C)(C)c5ccccc5-6)cc5c6cc7cc(C(C)C)ccc7cc6n(c45)C3CC2C=C1. The van der Waals surface area contributed by atoms with E-state index in [-0.39, 0.29) is 10.8 Å². The molecule has 1 saturated carbocycles. The van der Waals surface area contributed by atoms with Crippen molar-refractivity contribution in [3.63, 3.8) is 0 Å². The quantitative estimate of drug-likeness (QED) is 0.182. The molecule has 0 amide bonds. The molecule has 244 valence electrons. The molecule has 5 aromatic carbocycles. The van der Waals surface area contributed by atoms with Crippen molar-refractivity contribution in [3.8, 4) is 22.3 Å². The Morgan fingerprint density at radius 2 is 1.49 bits per heavy atom. The Morgan fingerprint density at radius 3 is 2.31 bits per heavy atom. The average molecular weight is 638 g/mol. The van der Waals surface area contributed by atoms with Crippen LogP contribution in [0.5, 0.6) is 0 Å². The average Bonchev–Trinajstić information content (AvgIpc) is 3.64. The number of fused-ring (bicyclic) bond motifs is 11. The van der Waals surface area contributed by atoms with Gasteiger partial charge in [-0.15, -0.1) is 0 Å². The second kappa shape index (κ2) is 9.87. The molecule has 1 aromatic heterocycles. The van der Waals surface area contributed by atoms with E-state index in [1.165, 1.54) is 89.9 Å². The molecule has 6 aromatic rings. The lowest BCUT2D eigenvalue weighted by molar-refractivity contribution is 0.159. The Hall–Kier alpha value is -4.36. The lowest BCUT2D eigenvalue weighted by atomic mass is 9.60. The van der Waals surface area contributed by atoms with Crippen LogP contribution in [0.4, 0.5) is 0 Å². The van der Waals surface area contributed by atoms with Gasteiger partial charge >= 0.3 is 0 Å². The first-order valence-corrected chi connectivity index (χ1v) is 18.7. The maximum Gasteiger partial charge on any atom is 0.0533 e. The van der Waals surface area contributed by atoms with Gasteiger partial charge in [-0.3, -0.25) is 0 Å². The highest BCUT2D eigenvalue weighted by Crippen LogP contribution is 2.61. The van der Waals surface area contributed by atoms with E-state index in [0.29, 0.717) is 29.7 Å². The van der Waals surface area contributed by atoms with Gasteiger partial charge in [0, 0.05) is 27.6 Å². The lowest BCUT2D eigenvalue weighted by Gasteiger charge is -2.46. The fourth-order valence-electron chi connectivity index (χ4n) is 10.8. The van der Waals surface area contributed by atoms with Crippen LogP contribution in [-0.2, 0) is 10.8 Å². The Bertz CT molecular complexity index is 2460. The Labute approximate surface area is 291 Å². The number of allylic oxidation sites excluding steroid dienone is 4. The van der Waals surface area contributed by atoms with E-state index in [2.05, 4.69) is 156 Å². The van der Waals surface area contributed by atoms with Crippen molar-refractivity contribution in [2.75, 3.05) is 0 Å². The van der Waals surface area contributed by atoms with Crippen LogP contribution in [0.1, 0.15) is 95.5 Å². The van der Waals surface area contributed by atoms with Crippen molar-refractivity contribution in [3.05, 3.63) is 131 Å². The zero-order valence-corrected chi connectivity index (χ0v) is 30.1. The number of nitrogens with zero attached hydrogens (tertiary/aromatic N) is 1. The minimum atomic E-state index is -0.0633. The smallest absolute Gasteiger partial charge is 0.0533 e. The zero-order valence-electron chi connectivity index (χ0n) is 30.1. The van der Waals surface area contributed by atoms with Crippen LogP contribution in [0.2, 0.25) is 0 Å². The molecule has 0 bridgehead atoms. The summed E-state index contributed by atoms with van der Waals surface area (Å²) in [5.74, 6) is 2.25. The van der Waals surface area contributed by atoms with E-state index in [0.717, 1.165) is 0 Å². The van der Waals surface area contributed by atoms with E-state index in [4.69, 9.17) is 0 Å². The first-order chi connectivity index (χ1) is 23.5. The van der Waals surface area contributed by atoms with Gasteiger partial charge in [0.05, 0.1) is 11.0 Å². The molecule has 4 atom stereocenters. The Kier molecular flexibility index (Phi) is 5.95. The third-order valence-corrected chi connectivity index (χ3v) is 13.4. The zero-order chi connectivity index (χ0) is 33.6. The summed E-state index contributed by atoms with van der Waals surface area (Å²) >= 11 is 0. The second-order valence-electron chi connectivity index (χ2n) is 17.2. The minimum Gasteiger partial charge on any atom is -0.336 e. The lowest BCUT2D eigenvalue weighted by Crippen LogP contribution is -2.40. The van der Waals surface area contributed by atoms with E-state index in [1.807, 2.05) is 0 Å². The molecular weight excluding hydrogens is 591 g/mol. The fourth-order valence-corrected chi connectivity index (χ4v) is 10.8. The number of aromatic nitrogens is 1. The van der Waals surface area contributed by atoms with Gasteiger partial charge in [-0.2, -0.15) is 0 Å². The molecule has 3 aliphatic carbocycles. The fraction of sp³-hybridized carbons (Fsp3) is 0.333. The molecule has 0 N–H and O–H groups in total. The van der Waals surface area contributed by atoms with Crippen LogP contribution in [0, 0.1) is 17.8 Å². The summed E-state index contributed by atoms with van der Waals surface area (Å²) in [5, 5.41) is 5.54. The highest BCUT2D eigenvalue weighted by atomic mass is 15.1. The third-order valence-electron chi connectivity index (χ3n) is 13.4. The molecule has 4 unspecified atom stereocenters. The van der Waals surface area contributed by atoms with Gasteiger partial charge in [-0.05, 0) is 122 Å². The van der Waals surface area contributed by atoms with Crippen molar-refractivity contribution >= 4 is 32.6 Å². The Balaban J connectivity index is 1.26. The highest BCUT2D eigenvalue weighted by molar-refractivity contribution is 6.15. The molecule has 10 rings (SSSR count). The molecule has 0 spiro atoms. The van der Waals surface area contributed by atoms with Crippen molar-refractivity contribution in [1.29, 1.82) is 0 Å². The van der Waals surface area contributed by atoms with Gasteiger partial charge in [0.25, 0.3) is 0 Å². The Morgan fingerprint density at radius 1 is 0.694 bits per heavy atom. The molecule has 1 nitrogen and oxygen atoms in total. The summed E-state index contributed by atoms with van der Waals surface area (Å²) in [6.07, 6.45) is 10.0. The van der Waals surface area contributed by atoms with E-state index in [9.17, 15) is 0 Å². The van der Waals surface area contributed by atoms with Gasteiger partial charge in [-0.25, -0.2) is 0 Å². The molecule has 4 aliphatic rings. The number of benzene rings is 5. The second-order valence-corrected chi connectivity index (χ2v) is 17.2. The van der Waals surface area contributed by atoms with Crippen molar-refractivity contribution in [2.45, 2.75) is 84.1 Å². The molecule has 1 aliphatic heterocycles. The van der Waals surface area contributed by atoms with Crippen LogP contribution in [0.3, 0.4) is 0 Å². The van der Waals surface area contributed by atoms with Gasteiger partial charge in [0.15, 0.2) is 0 Å². The van der Waals surface area contributed by atoms with E-state index in [1.54, 1.807) is 5.56 Å². The first kappa shape index (κ1) is 29.5. The standard InChI is InChI=1S/C48H47N/c1-27(2)29-15-17-31-24-43-39(21-33(31)19-29)40-22-34(36-12-10-13-38-37-11-8-9-14-41(37)47(5,6)45(36)38)23-42-46(40)49(43)44-25-32-18-16-30(28(3)4)20-35(32)26-48(42,44)7/h8-24,27-28,32,35,44H,25-26H2,1-7H3. The van der Waals surface area contributed by atoms with E-state index < -0.39 is 0 Å². The highest BCUT2D eigenvalue weighted by Gasteiger charge is 2.52. The summed E-state index contributed by atoms with van der Waals surface area (Å²) < 4.78 is 2.81. The van der Waals surface area contributed by atoms with Crippen LogP contribution in [0.25, 0.3) is 54.8 Å². The summed E-state index contributed by atoms with van der Waals surface area (Å²) in [6, 6.07) is 33.9. The molecule has 1 heteroatoms. The largest absolute Gasteiger partial charge is 0.336 e. The minimum absolute atomic E-state index is 0.0633. The summed E-state index contributed by atoms with van der Waals surface area (Å²) in [6.45, 7) is 16.8. The number of hydrogen-bond acceptors (Lipinski definition) is 0. The van der Waals surface area contributed by atoms with Crippen molar-refractivity contribution < 1.29 is 0 Å². The predicted molar refractivity (Wildman–Crippen MR) is 209 cm³/mol. The third kappa shape index (κ3) is 3.88. The first-order valence-electron chi connectivity index (χ1n) is 18.7. The molecule has 2 heterocycles. The molecule has 0 radical (unpaired) electrons. The molecular formula is C48H47N. The van der Waals surface area contributed by atoms with Gasteiger partial charge < -0.3 is 4.57 Å². The van der Waals surface area contributed by atoms with Crippen molar-refractivity contribution in [1.82, 2.24) is 4.57 Å². The summed E-state index contributed by atoms with van der Waals surface area (Å²) in [4.78, 5) is 0. The number of hydrogen-bond donors (Lipinski definition) is 0. The van der Waals surface area contributed by atoms with Crippen molar-refractivity contribution in [2.24, 2.45) is 17.8 Å². The topological polar surface area (TPSA) is 4.93 Å². The van der Waals surface area contributed by atoms with Crippen LogP contribution in [-0.4, -0.2) is 4.57 Å². The molecule has 1 fully saturated rings. The molecule has 0 saturated heterocycles. The van der Waals surface area contributed by atoms with Crippen LogP contribution < -0.4 is 0 Å².